The predicted molar refractivity (Wildman–Crippen MR) is 86.9 cm³/mol. The van der Waals surface area contributed by atoms with Gasteiger partial charge in [-0.1, -0.05) is 55.8 Å². The van der Waals surface area contributed by atoms with Crippen molar-refractivity contribution >= 4 is 5.78 Å². The molecule has 0 aliphatic heterocycles. The van der Waals surface area contributed by atoms with Gasteiger partial charge in [0.1, 0.15) is 0 Å². The Balaban J connectivity index is 1.91. The van der Waals surface area contributed by atoms with Gasteiger partial charge in [0.2, 0.25) is 0 Å². The molecule has 1 unspecified atom stereocenters. The van der Waals surface area contributed by atoms with Gasteiger partial charge in [-0.25, -0.2) is 0 Å². The van der Waals surface area contributed by atoms with E-state index in [0.717, 1.165) is 37.7 Å². The molecular weight excluding hydrogens is 256 g/mol. The van der Waals surface area contributed by atoms with Crippen molar-refractivity contribution in [1.82, 2.24) is 0 Å². The van der Waals surface area contributed by atoms with Gasteiger partial charge in [0.05, 0.1) is 0 Å². The molecule has 1 atom stereocenters. The highest BCUT2D eigenvalue weighted by Crippen LogP contribution is 2.34. The summed E-state index contributed by atoms with van der Waals surface area (Å²) in [5.41, 5.74) is 4.75. The monoisotopic (exact) mass is 278 g/mol. The summed E-state index contributed by atoms with van der Waals surface area (Å²) in [5, 5.41) is 0. The van der Waals surface area contributed by atoms with Gasteiger partial charge in [-0.15, -0.1) is 0 Å². The fourth-order valence-corrected chi connectivity index (χ4v) is 3.40. The Kier molecular flexibility index (Phi) is 4.19. The quantitative estimate of drug-likeness (QED) is 0.724. The molecule has 0 heterocycles. The van der Waals surface area contributed by atoms with Crippen LogP contribution in [-0.4, -0.2) is 5.78 Å². The SMILES string of the molecule is CCCc1cccc(C(=O)C2CCCc3ccccc32)c1. The minimum Gasteiger partial charge on any atom is -0.293 e. The molecule has 1 heteroatoms. The summed E-state index contributed by atoms with van der Waals surface area (Å²) in [5.74, 6) is 0.340. The first-order chi connectivity index (χ1) is 10.3. The summed E-state index contributed by atoms with van der Waals surface area (Å²) < 4.78 is 0. The van der Waals surface area contributed by atoms with Crippen molar-refractivity contribution in [2.45, 2.75) is 44.9 Å². The summed E-state index contributed by atoms with van der Waals surface area (Å²) >= 11 is 0. The summed E-state index contributed by atoms with van der Waals surface area (Å²) in [6, 6.07) is 16.6. The van der Waals surface area contributed by atoms with Crippen LogP contribution in [0.5, 0.6) is 0 Å². The zero-order chi connectivity index (χ0) is 14.7. The Morgan fingerprint density at radius 1 is 1.14 bits per heavy atom. The number of ketones is 1. The maximum atomic E-state index is 12.9. The lowest BCUT2D eigenvalue weighted by Crippen LogP contribution is -2.18. The van der Waals surface area contributed by atoms with Crippen molar-refractivity contribution in [3.63, 3.8) is 0 Å². The van der Waals surface area contributed by atoms with Crippen LogP contribution in [0.4, 0.5) is 0 Å². The molecule has 21 heavy (non-hydrogen) atoms. The van der Waals surface area contributed by atoms with Crippen LogP contribution >= 0.6 is 0 Å². The van der Waals surface area contributed by atoms with E-state index in [2.05, 4.69) is 43.3 Å². The average Bonchev–Trinajstić information content (AvgIpc) is 2.54. The number of hydrogen-bond donors (Lipinski definition) is 0. The van der Waals surface area contributed by atoms with E-state index >= 15 is 0 Å². The Bertz CT molecular complexity index is 642. The fraction of sp³-hybridized carbons (Fsp3) is 0.350. The lowest BCUT2D eigenvalue weighted by Gasteiger charge is -2.24. The lowest BCUT2D eigenvalue weighted by atomic mass is 9.79. The number of fused-ring (bicyclic) bond motifs is 1. The standard InChI is InChI=1S/C20H22O/c1-2-7-15-8-5-11-17(14-15)20(21)19-13-6-10-16-9-3-4-12-18(16)19/h3-5,8-9,11-12,14,19H,2,6-7,10,13H2,1H3. The molecule has 3 rings (SSSR count). The van der Waals surface area contributed by atoms with Crippen molar-refractivity contribution in [3.8, 4) is 0 Å². The number of Topliss-reactive ketones (excluding diaryl/α,β-unsaturated/α-hetero) is 1. The summed E-state index contributed by atoms with van der Waals surface area (Å²) in [6.45, 7) is 2.17. The highest BCUT2D eigenvalue weighted by Gasteiger charge is 2.26. The van der Waals surface area contributed by atoms with Crippen molar-refractivity contribution in [2.24, 2.45) is 0 Å². The van der Waals surface area contributed by atoms with Gasteiger partial charge < -0.3 is 0 Å². The van der Waals surface area contributed by atoms with Crippen LogP contribution < -0.4 is 0 Å². The van der Waals surface area contributed by atoms with Crippen LogP contribution in [0.3, 0.4) is 0 Å². The Labute approximate surface area is 127 Å². The summed E-state index contributed by atoms with van der Waals surface area (Å²) in [6.07, 6.45) is 5.36. The smallest absolute Gasteiger partial charge is 0.170 e. The van der Waals surface area contributed by atoms with Crippen molar-refractivity contribution in [2.75, 3.05) is 0 Å². The van der Waals surface area contributed by atoms with E-state index in [1.807, 2.05) is 12.1 Å². The molecule has 0 saturated carbocycles. The van der Waals surface area contributed by atoms with Gasteiger partial charge in [-0.05, 0) is 48.4 Å². The van der Waals surface area contributed by atoms with E-state index < -0.39 is 0 Å². The second kappa shape index (κ2) is 6.26. The molecule has 1 aliphatic rings. The second-order valence-electron chi connectivity index (χ2n) is 5.96. The summed E-state index contributed by atoms with van der Waals surface area (Å²) in [7, 11) is 0. The molecule has 2 aromatic carbocycles. The first-order valence-corrected chi connectivity index (χ1v) is 8.00. The number of carbonyl (C=O) groups is 1. The Morgan fingerprint density at radius 2 is 2.00 bits per heavy atom. The minimum absolute atomic E-state index is 0.0480. The molecule has 1 aliphatic carbocycles. The molecule has 0 amide bonds. The number of aryl methyl sites for hydroxylation is 2. The molecule has 0 fully saturated rings. The van der Waals surface area contributed by atoms with Crippen molar-refractivity contribution in [1.29, 1.82) is 0 Å². The molecule has 0 radical (unpaired) electrons. The third kappa shape index (κ3) is 2.92. The molecule has 0 saturated heterocycles. The number of benzene rings is 2. The van der Waals surface area contributed by atoms with Crippen LogP contribution in [0.15, 0.2) is 48.5 Å². The molecule has 1 nitrogen and oxygen atoms in total. The van der Waals surface area contributed by atoms with E-state index in [-0.39, 0.29) is 5.92 Å². The van der Waals surface area contributed by atoms with Crippen LogP contribution in [0, 0.1) is 0 Å². The van der Waals surface area contributed by atoms with E-state index in [4.69, 9.17) is 0 Å². The van der Waals surface area contributed by atoms with E-state index in [1.54, 1.807) is 0 Å². The maximum Gasteiger partial charge on any atom is 0.170 e. The minimum atomic E-state index is 0.0480. The second-order valence-corrected chi connectivity index (χ2v) is 5.96. The molecule has 0 aromatic heterocycles. The zero-order valence-electron chi connectivity index (χ0n) is 12.6. The Morgan fingerprint density at radius 3 is 2.86 bits per heavy atom. The molecule has 0 bridgehead atoms. The zero-order valence-corrected chi connectivity index (χ0v) is 12.6. The van der Waals surface area contributed by atoms with Gasteiger partial charge in [-0.2, -0.15) is 0 Å². The van der Waals surface area contributed by atoms with Crippen molar-refractivity contribution < 1.29 is 4.79 Å². The van der Waals surface area contributed by atoms with Gasteiger partial charge in [0.25, 0.3) is 0 Å². The van der Waals surface area contributed by atoms with E-state index in [1.165, 1.54) is 16.7 Å². The van der Waals surface area contributed by atoms with Gasteiger partial charge >= 0.3 is 0 Å². The number of rotatable bonds is 4. The highest BCUT2D eigenvalue weighted by molar-refractivity contribution is 6.01. The molecule has 0 spiro atoms. The third-order valence-electron chi connectivity index (χ3n) is 4.44. The molecule has 108 valence electrons. The largest absolute Gasteiger partial charge is 0.293 e. The first kappa shape index (κ1) is 14.1. The van der Waals surface area contributed by atoms with Gasteiger partial charge in [-0.3, -0.25) is 4.79 Å². The highest BCUT2D eigenvalue weighted by atomic mass is 16.1. The summed E-state index contributed by atoms with van der Waals surface area (Å²) in [4.78, 5) is 12.9. The first-order valence-electron chi connectivity index (χ1n) is 8.00. The average molecular weight is 278 g/mol. The van der Waals surface area contributed by atoms with Crippen LogP contribution in [0.1, 0.15) is 59.2 Å². The van der Waals surface area contributed by atoms with Gasteiger partial charge in [0.15, 0.2) is 5.78 Å². The van der Waals surface area contributed by atoms with Crippen LogP contribution in [0.2, 0.25) is 0 Å². The van der Waals surface area contributed by atoms with Crippen molar-refractivity contribution in [3.05, 3.63) is 70.8 Å². The lowest BCUT2D eigenvalue weighted by molar-refractivity contribution is 0.0951. The van der Waals surface area contributed by atoms with E-state index in [9.17, 15) is 4.79 Å². The van der Waals surface area contributed by atoms with Crippen LogP contribution in [-0.2, 0) is 12.8 Å². The number of hydrogen-bond acceptors (Lipinski definition) is 1. The maximum absolute atomic E-state index is 12.9. The predicted octanol–water partition coefficient (Wildman–Crippen LogP) is 4.94. The van der Waals surface area contributed by atoms with Crippen LogP contribution in [0.25, 0.3) is 0 Å². The molecule has 0 N–H and O–H groups in total. The number of carbonyl (C=O) groups excluding carboxylic acids is 1. The fourth-order valence-electron chi connectivity index (χ4n) is 3.40. The van der Waals surface area contributed by atoms with E-state index in [0.29, 0.717) is 5.78 Å². The molecule has 2 aromatic rings. The normalized spacial score (nSPS) is 17.3. The molecular formula is C20H22O. The topological polar surface area (TPSA) is 17.1 Å². The Hall–Kier alpha value is -1.89. The van der Waals surface area contributed by atoms with Gasteiger partial charge in [0, 0.05) is 11.5 Å². The third-order valence-corrected chi connectivity index (χ3v) is 4.44.